The Morgan fingerprint density at radius 2 is 1.80 bits per heavy atom. The molecule has 2 N–H and O–H groups in total. The summed E-state index contributed by atoms with van der Waals surface area (Å²) in [5.41, 5.74) is 5.94. The van der Waals surface area contributed by atoms with Crippen molar-refractivity contribution in [3.8, 4) is 17.0 Å². The molecule has 0 bridgehead atoms. The molecular formula is C32H26BrF4N7O2. The number of halogens is 5. The normalized spacial score (nSPS) is 11.9. The summed E-state index contributed by atoms with van der Waals surface area (Å²) < 4.78 is 65.4. The Balaban J connectivity index is 1.52. The van der Waals surface area contributed by atoms with Crippen LogP contribution in [-0.4, -0.2) is 35.9 Å². The highest BCUT2D eigenvalue weighted by Gasteiger charge is 2.33. The van der Waals surface area contributed by atoms with Crippen LogP contribution >= 0.6 is 15.9 Å². The average molecular weight is 697 g/mol. The minimum atomic E-state index is -4.64. The van der Waals surface area contributed by atoms with Crippen molar-refractivity contribution >= 4 is 43.7 Å². The molecule has 3 aromatic carbocycles. The number of nitrogens with two attached hydrogens (primary N) is 1. The Labute approximate surface area is 267 Å². The number of rotatable bonds is 9. The molecule has 0 saturated heterocycles. The zero-order chi connectivity index (χ0) is 32.6. The van der Waals surface area contributed by atoms with Crippen LogP contribution in [0.15, 0.2) is 76.3 Å². The molecular weight excluding hydrogens is 670 g/mol. The van der Waals surface area contributed by atoms with E-state index in [1.807, 2.05) is 6.92 Å². The summed E-state index contributed by atoms with van der Waals surface area (Å²) in [5.74, 6) is -0.0547. The molecule has 0 spiro atoms. The number of alkyl halides is 3. The predicted octanol–water partition coefficient (Wildman–Crippen LogP) is 6.98. The third kappa shape index (κ3) is 6.04. The zero-order valence-corrected chi connectivity index (χ0v) is 25.9. The number of nitrogens with zero attached hydrogens (tertiary/aromatic N) is 6. The van der Waals surface area contributed by atoms with E-state index in [9.17, 15) is 22.4 Å². The number of ether oxygens (including phenoxy) is 1. The van der Waals surface area contributed by atoms with Crippen molar-refractivity contribution in [3.05, 3.63) is 105 Å². The number of fused-ring (bicyclic) bond motifs is 2. The number of aromatic nitrogens is 6. The third-order valence-electron chi connectivity index (χ3n) is 7.42. The van der Waals surface area contributed by atoms with Crippen LogP contribution < -0.4 is 16.0 Å². The summed E-state index contributed by atoms with van der Waals surface area (Å²) in [5, 5.41) is 5.23. The Morgan fingerprint density at radius 1 is 1.00 bits per heavy atom. The first-order valence-corrected chi connectivity index (χ1v) is 15.1. The molecule has 236 valence electrons. The van der Waals surface area contributed by atoms with Gasteiger partial charge in [-0.15, -0.1) is 0 Å². The van der Waals surface area contributed by atoms with E-state index in [-0.39, 0.29) is 40.5 Å². The molecule has 0 fully saturated rings. The van der Waals surface area contributed by atoms with E-state index in [1.54, 1.807) is 24.3 Å². The number of anilines is 1. The van der Waals surface area contributed by atoms with Gasteiger partial charge in [0.15, 0.2) is 5.65 Å². The SMILES string of the molecule is CCCCOc1cc(F)cc(-c2nn(Cc3nc4cccc(Br)c4c(=O)n3Cc3ccccc3C(F)(F)F)c3ncnc(N)c23)c1. The molecule has 0 aliphatic rings. The van der Waals surface area contributed by atoms with Crippen molar-refractivity contribution in [2.24, 2.45) is 0 Å². The molecule has 0 saturated carbocycles. The maximum absolute atomic E-state index is 14.8. The monoisotopic (exact) mass is 695 g/mol. The van der Waals surface area contributed by atoms with Crippen LogP contribution in [0, 0.1) is 5.82 Å². The van der Waals surface area contributed by atoms with Gasteiger partial charge in [-0.3, -0.25) is 9.36 Å². The summed E-state index contributed by atoms with van der Waals surface area (Å²) in [6, 6.07) is 14.2. The Morgan fingerprint density at radius 3 is 2.59 bits per heavy atom. The van der Waals surface area contributed by atoms with Crippen LogP contribution in [0.5, 0.6) is 5.75 Å². The smallest absolute Gasteiger partial charge is 0.416 e. The molecule has 46 heavy (non-hydrogen) atoms. The number of benzene rings is 3. The Hall–Kier alpha value is -4.85. The molecule has 14 heteroatoms. The minimum Gasteiger partial charge on any atom is -0.493 e. The molecule has 9 nitrogen and oxygen atoms in total. The van der Waals surface area contributed by atoms with Crippen LogP contribution in [0.1, 0.15) is 36.7 Å². The molecule has 0 unspecified atom stereocenters. The van der Waals surface area contributed by atoms with Crippen LogP contribution in [0.2, 0.25) is 0 Å². The van der Waals surface area contributed by atoms with Crippen molar-refractivity contribution in [2.75, 3.05) is 12.3 Å². The van der Waals surface area contributed by atoms with Gasteiger partial charge in [0.2, 0.25) is 0 Å². The van der Waals surface area contributed by atoms with Crippen molar-refractivity contribution in [1.82, 2.24) is 29.3 Å². The zero-order valence-electron chi connectivity index (χ0n) is 24.4. The van der Waals surface area contributed by atoms with E-state index >= 15 is 0 Å². The summed E-state index contributed by atoms with van der Waals surface area (Å²) in [4.78, 5) is 27.1. The molecule has 0 amide bonds. The van der Waals surface area contributed by atoms with Crippen molar-refractivity contribution in [2.45, 2.75) is 39.0 Å². The topological polar surface area (TPSA) is 114 Å². The van der Waals surface area contributed by atoms with Gasteiger partial charge in [-0.25, -0.2) is 24.0 Å². The van der Waals surface area contributed by atoms with E-state index in [0.29, 0.717) is 33.3 Å². The second-order valence-corrected chi connectivity index (χ2v) is 11.4. The summed E-state index contributed by atoms with van der Waals surface area (Å²) >= 11 is 3.38. The summed E-state index contributed by atoms with van der Waals surface area (Å²) in [6.45, 7) is 1.81. The van der Waals surface area contributed by atoms with Crippen LogP contribution in [-0.2, 0) is 19.3 Å². The van der Waals surface area contributed by atoms with Crippen molar-refractivity contribution in [1.29, 1.82) is 0 Å². The first kappa shape index (κ1) is 31.1. The molecule has 0 radical (unpaired) electrons. The first-order valence-electron chi connectivity index (χ1n) is 14.3. The second-order valence-electron chi connectivity index (χ2n) is 10.5. The van der Waals surface area contributed by atoms with Gasteiger partial charge in [-0.2, -0.15) is 18.3 Å². The molecule has 0 atom stereocenters. The quantitative estimate of drug-likeness (QED) is 0.128. The average Bonchev–Trinajstić information content (AvgIpc) is 3.38. The fraction of sp³-hybridized carbons (Fsp3) is 0.219. The largest absolute Gasteiger partial charge is 0.493 e. The van der Waals surface area contributed by atoms with E-state index < -0.39 is 29.7 Å². The standard InChI is InChI=1S/C32H26BrF4N7O2/c1-2-3-11-46-21-13-19(12-20(34)14-21)28-27-29(38)39-17-40-30(27)44(42-28)16-25-41-24-10-6-9-23(33)26(24)31(45)43(25)15-18-7-4-5-8-22(18)32(35,36)37/h4-10,12-14,17H,2-3,11,15-16H2,1H3,(H2,38,39,40). The summed E-state index contributed by atoms with van der Waals surface area (Å²) in [7, 11) is 0. The molecule has 0 aliphatic heterocycles. The Kier molecular flexibility index (Phi) is 8.47. The highest BCUT2D eigenvalue weighted by atomic mass is 79.9. The lowest BCUT2D eigenvalue weighted by Crippen LogP contribution is -2.28. The van der Waals surface area contributed by atoms with Gasteiger partial charge in [-0.1, -0.05) is 37.6 Å². The van der Waals surface area contributed by atoms with Crippen LogP contribution in [0.3, 0.4) is 0 Å². The maximum Gasteiger partial charge on any atom is 0.416 e. The number of hydrogen-bond donors (Lipinski definition) is 1. The lowest BCUT2D eigenvalue weighted by Gasteiger charge is -2.17. The number of nitrogen functional groups attached to an aromatic ring is 1. The van der Waals surface area contributed by atoms with E-state index in [1.165, 1.54) is 45.9 Å². The molecule has 3 heterocycles. The summed E-state index contributed by atoms with van der Waals surface area (Å²) in [6.07, 6.45) is -1.72. The molecule has 3 aromatic heterocycles. The molecule has 0 aliphatic carbocycles. The van der Waals surface area contributed by atoms with E-state index in [4.69, 9.17) is 20.6 Å². The minimum absolute atomic E-state index is 0.0795. The van der Waals surface area contributed by atoms with Crippen LogP contribution in [0.4, 0.5) is 23.4 Å². The number of unbranched alkanes of at least 4 members (excludes halogenated alkanes) is 1. The van der Waals surface area contributed by atoms with Gasteiger partial charge in [0.25, 0.3) is 5.56 Å². The van der Waals surface area contributed by atoms with E-state index in [0.717, 1.165) is 18.9 Å². The fourth-order valence-corrected chi connectivity index (χ4v) is 5.78. The van der Waals surface area contributed by atoms with Gasteiger partial charge in [0.05, 0.1) is 35.0 Å². The Bertz CT molecular complexity index is 2150. The van der Waals surface area contributed by atoms with Gasteiger partial charge in [0, 0.05) is 16.1 Å². The lowest BCUT2D eigenvalue weighted by molar-refractivity contribution is -0.138. The third-order valence-corrected chi connectivity index (χ3v) is 8.08. The first-order chi connectivity index (χ1) is 22.0. The van der Waals surface area contributed by atoms with Gasteiger partial charge in [0.1, 0.15) is 41.8 Å². The van der Waals surface area contributed by atoms with E-state index in [2.05, 4.69) is 25.9 Å². The number of hydrogen-bond acceptors (Lipinski definition) is 7. The fourth-order valence-electron chi connectivity index (χ4n) is 5.25. The second kappa shape index (κ2) is 12.5. The predicted molar refractivity (Wildman–Crippen MR) is 169 cm³/mol. The maximum atomic E-state index is 14.8. The highest BCUT2D eigenvalue weighted by molar-refractivity contribution is 9.10. The molecule has 6 rings (SSSR count). The van der Waals surface area contributed by atoms with Crippen molar-refractivity contribution in [3.63, 3.8) is 0 Å². The van der Waals surface area contributed by atoms with Crippen molar-refractivity contribution < 1.29 is 22.3 Å². The van der Waals surface area contributed by atoms with Gasteiger partial charge >= 0.3 is 6.18 Å². The molecule has 6 aromatic rings. The van der Waals surface area contributed by atoms with Crippen LogP contribution in [0.25, 0.3) is 33.2 Å². The van der Waals surface area contributed by atoms with Gasteiger partial charge < -0.3 is 10.5 Å². The highest BCUT2D eigenvalue weighted by Crippen LogP contribution is 2.34. The van der Waals surface area contributed by atoms with Gasteiger partial charge in [-0.05, 0) is 58.2 Å². The lowest BCUT2D eigenvalue weighted by atomic mass is 10.1.